The predicted molar refractivity (Wildman–Crippen MR) is 199 cm³/mol. The van der Waals surface area contributed by atoms with Crippen molar-refractivity contribution in [2.24, 2.45) is 0 Å². The lowest BCUT2D eigenvalue weighted by atomic mass is 10.1. The molecule has 10 aromatic rings. The molecule has 0 amide bonds. The van der Waals surface area contributed by atoms with Crippen LogP contribution in [-0.2, 0) is 0 Å². The third kappa shape index (κ3) is 4.03. The highest BCUT2D eigenvalue weighted by Crippen LogP contribution is 2.42. The SMILES string of the molecule is c1ccc(-c2cc(-n3c4ccccc4c4ccc5c6ccccc6n(-c6ccc7ccccc7c6)c5c43)nc(-c3ccccc3)n2)cc1. The van der Waals surface area contributed by atoms with Crippen molar-refractivity contribution in [1.82, 2.24) is 19.1 Å². The quantitative estimate of drug-likeness (QED) is 0.198. The standard InChI is InChI=1S/C44H28N4/c1-3-14-30(15-4-1)38-28-41(46-44(45-38)31-16-5-2-6-17-31)48-40-22-12-10-20-35(40)37-26-25-36-34-19-9-11-21-39(34)47(42(36)43(37)48)33-24-23-29-13-7-8-18-32(29)27-33/h1-28H. The molecule has 10 rings (SSSR count). The van der Waals surface area contributed by atoms with Crippen molar-refractivity contribution in [3.8, 4) is 34.2 Å². The minimum absolute atomic E-state index is 0.695. The molecule has 0 atom stereocenters. The van der Waals surface area contributed by atoms with E-state index in [1.807, 2.05) is 24.3 Å². The van der Waals surface area contributed by atoms with Gasteiger partial charge in [0, 0.05) is 44.4 Å². The number of rotatable bonds is 4. The largest absolute Gasteiger partial charge is 0.307 e. The fourth-order valence-electron chi connectivity index (χ4n) is 7.34. The van der Waals surface area contributed by atoms with Crippen LogP contribution in [0.2, 0.25) is 0 Å². The summed E-state index contributed by atoms with van der Waals surface area (Å²) in [5.74, 6) is 1.52. The Morgan fingerprint density at radius 3 is 1.65 bits per heavy atom. The number of aromatic nitrogens is 4. The van der Waals surface area contributed by atoms with Crippen LogP contribution in [0.15, 0.2) is 170 Å². The van der Waals surface area contributed by atoms with Gasteiger partial charge in [0.25, 0.3) is 0 Å². The van der Waals surface area contributed by atoms with Gasteiger partial charge in [-0.25, -0.2) is 9.97 Å². The molecule has 3 aromatic heterocycles. The second-order valence-electron chi connectivity index (χ2n) is 12.3. The Bertz CT molecular complexity index is 2770. The zero-order valence-corrected chi connectivity index (χ0v) is 26.0. The van der Waals surface area contributed by atoms with Crippen molar-refractivity contribution in [1.29, 1.82) is 0 Å². The Hall–Kier alpha value is -6.52. The van der Waals surface area contributed by atoms with Gasteiger partial charge in [0.1, 0.15) is 5.82 Å². The van der Waals surface area contributed by atoms with Gasteiger partial charge < -0.3 is 4.57 Å². The van der Waals surface area contributed by atoms with Crippen LogP contribution in [0, 0.1) is 0 Å². The summed E-state index contributed by atoms with van der Waals surface area (Å²) in [6.45, 7) is 0. The molecule has 3 heterocycles. The Morgan fingerprint density at radius 2 is 0.938 bits per heavy atom. The molecule has 0 radical (unpaired) electrons. The summed E-state index contributed by atoms with van der Waals surface area (Å²) in [4.78, 5) is 10.4. The summed E-state index contributed by atoms with van der Waals surface area (Å²) in [7, 11) is 0. The van der Waals surface area contributed by atoms with E-state index in [2.05, 4.69) is 155 Å². The normalized spacial score (nSPS) is 11.8. The van der Waals surface area contributed by atoms with Gasteiger partial charge in [-0.3, -0.25) is 4.57 Å². The van der Waals surface area contributed by atoms with Crippen LogP contribution in [0.5, 0.6) is 0 Å². The lowest BCUT2D eigenvalue weighted by Gasteiger charge is -2.14. The smallest absolute Gasteiger partial charge is 0.162 e. The molecule has 224 valence electrons. The molecule has 48 heavy (non-hydrogen) atoms. The zero-order chi connectivity index (χ0) is 31.6. The minimum Gasteiger partial charge on any atom is -0.307 e. The van der Waals surface area contributed by atoms with E-state index in [0.29, 0.717) is 5.82 Å². The summed E-state index contributed by atoms with van der Waals surface area (Å²) < 4.78 is 4.79. The van der Waals surface area contributed by atoms with Crippen LogP contribution in [0.4, 0.5) is 0 Å². The minimum atomic E-state index is 0.695. The first-order valence-corrected chi connectivity index (χ1v) is 16.3. The topological polar surface area (TPSA) is 35.6 Å². The molecule has 0 fully saturated rings. The monoisotopic (exact) mass is 612 g/mol. The highest BCUT2D eigenvalue weighted by Gasteiger charge is 2.22. The second kappa shape index (κ2) is 10.5. The van der Waals surface area contributed by atoms with Gasteiger partial charge in [-0.05, 0) is 35.0 Å². The maximum atomic E-state index is 5.32. The highest BCUT2D eigenvalue weighted by atomic mass is 15.1. The molecule has 0 unspecified atom stereocenters. The average molecular weight is 613 g/mol. The molecule has 0 spiro atoms. The lowest BCUT2D eigenvalue weighted by Crippen LogP contribution is -2.04. The third-order valence-corrected chi connectivity index (χ3v) is 9.50. The van der Waals surface area contributed by atoms with Crippen LogP contribution in [0.1, 0.15) is 0 Å². The Balaban J connectivity index is 1.38. The van der Waals surface area contributed by atoms with E-state index < -0.39 is 0 Å². The highest BCUT2D eigenvalue weighted by molar-refractivity contribution is 6.23. The molecule has 0 aliphatic heterocycles. The molecule has 0 aliphatic carbocycles. The number of hydrogen-bond donors (Lipinski definition) is 0. The molecule has 0 N–H and O–H groups in total. The van der Waals surface area contributed by atoms with Crippen LogP contribution in [-0.4, -0.2) is 19.1 Å². The number of benzene rings is 7. The molecular formula is C44H28N4. The first-order valence-electron chi connectivity index (χ1n) is 16.3. The Labute approximate surface area is 276 Å². The molecule has 0 saturated heterocycles. The summed E-state index contributed by atoms with van der Waals surface area (Å²) >= 11 is 0. The lowest BCUT2D eigenvalue weighted by molar-refractivity contribution is 1.05. The first-order chi connectivity index (χ1) is 23.8. The number of para-hydroxylation sites is 2. The van der Waals surface area contributed by atoms with Crippen LogP contribution in [0.25, 0.3) is 88.5 Å². The number of hydrogen-bond acceptors (Lipinski definition) is 2. The van der Waals surface area contributed by atoms with E-state index in [0.717, 1.165) is 44.9 Å². The molecule has 4 heteroatoms. The maximum Gasteiger partial charge on any atom is 0.162 e. The molecule has 4 nitrogen and oxygen atoms in total. The van der Waals surface area contributed by atoms with Crippen molar-refractivity contribution in [3.05, 3.63) is 170 Å². The zero-order valence-electron chi connectivity index (χ0n) is 26.0. The summed E-state index contributed by atoms with van der Waals surface area (Å²) in [6.07, 6.45) is 0. The van der Waals surface area contributed by atoms with Gasteiger partial charge in [0.2, 0.25) is 0 Å². The van der Waals surface area contributed by atoms with Crippen molar-refractivity contribution in [2.45, 2.75) is 0 Å². The molecule has 0 bridgehead atoms. The van der Waals surface area contributed by atoms with E-state index in [9.17, 15) is 0 Å². The van der Waals surface area contributed by atoms with Gasteiger partial charge >= 0.3 is 0 Å². The van der Waals surface area contributed by atoms with Crippen molar-refractivity contribution in [2.75, 3.05) is 0 Å². The van der Waals surface area contributed by atoms with E-state index in [1.54, 1.807) is 0 Å². The number of fused-ring (bicyclic) bond motifs is 8. The van der Waals surface area contributed by atoms with Crippen LogP contribution in [0.3, 0.4) is 0 Å². The third-order valence-electron chi connectivity index (χ3n) is 9.50. The predicted octanol–water partition coefficient (Wildman–Crippen LogP) is 11.2. The average Bonchev–Trinajstić information content (AvgIpc) is 3.68. The Kier molecular flexibility index (Phi) is 5.84. The van der Waals surface area contributed by atoms with Gasteiger partial charge in [0.15, 0.2) is 5.82 Å². The van der Waals surface area contributed by atoms with Crippen LogP contribution < -0.4 is 0 Å². The van der Waals surface area contributed by atoms with Crippen molar-refractivity contribution in [3.63, 3.8) is 0 Å². The van der Waals surface area contributed by atoms with Crippen LogP contribution >= 0.6 is 0 Å². The molecule has 0 aliphatic rings. The van der Waals surface area contributed by atoms with Crippen molar-refractivity contribution >= 4 is 54.4 Å². The van der Waals surface area contributed by atoms with Gasteiger partial charge in [0.05, 0.1) is 27.8 Å². The van der Waals surface area contributed by atoms with Gasteiger partial charge in [-0.15, -0.1) is 0 Å². The fraction of sp³-hybridized carbons (Fsp3) is 0. The first kappa shape index (κ1) is 26.7. The van der Waals surface area contributed by atoms with Gasteiger partial charge in [-0.2, -0.15) is 0 Å². The Morgan fingerprint density at radius 1 is 0.375 bits per heavy atom. The summed E-state index contributed by atoms with van der Waals surface area (Å²) in [6, 6.07) is 60.1. The molecule has 0 saturated carbocycles. The summed E-state index contributed by atoms with van der Waals surface area (Å²) in [5.41, 5.74) is 8.59. The van der Waals surface area contributed by atoms with Crippen molar-refractivity contribution < 1.29 is 0 Å². The second-order valence-corrected chi connectivity index (χ2v) is 12.3. The van der Waals surface area contributed by atoms with Gasteiger partial charge in [-0.1, -0.05) is 140 Å². The van der Waals surface area contributed by atoms with E-state index in [-0.39, 0.29) is 0 Å². The van der Waals surface area contributed by atoms with E-state index >= 15 is 0 Å². The number of nitrogens with zero attached hydrogens (tertiary/aromatic N) is 4. The maximum absolute atomic E-state index is 5.32. The fourth-order valence-corrected chi connectivity index (χ4v) is 7.34. The molecule has 7 aromatic carbocycles. The van der Waals surface area contributed by atoms with E-state index in [4.69, 9.17) is 9.97 Å². The summed E-state index contributed by atoms with van der Waals surface area (Å²) in [5, 5.41) is 7.23. The molecular weight excluding hydrogens is 585 g/mol. The van der Waals surface area contributed by atoms with E-state index in [1.165, 1.54) is 37.8 Å².